The van der Waals surface area contributed by atoms with Crippen LogP contribution in [-0.4, -0.2) is 58.7 Å². The highest BCUT2D eigenvalue weighted by atomic mass is 32.1. The van der Waals surface area contributed by atoms with E-state index in [1.165, 1.54) is 34.9 Å². The van der Waals surface area contributed by atoms with Crippen molar-refractivity contribution in [3.05, 3.63) is 81.9 Å². The van der Waals surface area contributed by atoms with Crippen LogP contribution in [0.1, 0.15) is 34.7 Å². The lowest BCUT2D eigenvalue weighted by Crippen LogP contribution is -2.36. The van der Waals surface area contributed by atoms with E-state index in [0.29, 0.717) is 4.64 Å². The Bertz CT molecular complexity index is 1270. The Morgan fingerprint density at radius 3 is 2.49 bits per heavy atom. The Labute approximate surface area is 222 Å². The molecule has 2 N–H and O–H groups in total. The lowest BCUT2D eigenvalue weighted by molar-refractivity contribution is -0.137. The molecule has 8 nitrogen and oxygen atoms in total. The van der Waals surface area contributed by atoms with Crippen molar-refractivity contribution < 1.29 is 19.4 Å². The van der Waals surface area contributed by atoms with Crippen molar-refractivity contribution in [3.8, 4) is 11.1 Å². The zero-order valence-corrected chi connectivity index (χ0v) is 22.5. The zero-order chi connectivity index (χ0) is 26.9. The van der Waals surface area contributed by atoms with Gasteiger partial charge in [0.1, 0.15) is 10.7 Å². The van der Waals surface area contributed by atoms with Crippen molar-refractivity contribution >= 4 is 24.1 Å². The molecule has 37 heavy (non-hydrogen) atoms. The number of hydrogen-bond donors (Lipinski definition) is 2. The maximum absolute atomic E-state index is 12.4. The number of hydrogen-bond acceptors (Lipinski definition) is 6. The van der Waals surface area contributed by atoms with Crippen molar-refractivity contribution in [3.63, 3.8) is 0 Å². The minimum atomic E-state index is -0.953. The SMILES string of the molecule is COCC(C(=O)NCCC(=O)O)n1cc2c(cc1=S)CN(C)C2.Cc1cccc(C)c1-c1cccnc1. The smallest absolute Gasteiger partial charge is 0.305 e. The Morgan fingerprint density at radius 2 is 1.86 bits per heavy atom. The van der Waals surface area contributed by atoms with Crippen LogP contribution in [0.15, 0.2) is 55.0 Å². The highest BCUT2D eigenvalue weighted by Crippen LogP contribution is 2.26. The number of nitrogens with one attached hydrogen (secondary N) is 1. The minimum Gasteiger partial charge on any atom is -0.481 e. The molecule has 1 aliphatic rings. The van der Waals surface area contributed by atoms with Gasteiger partial charge < -0.3 is 19.7 Å². The van der Waals surface area contributed by atoms with E-state index in [1.54, 1.807) is 10.8 Å². The molecule has 1 aromatic carbocycles. The first-order valence-corrected chi connectivity index (χ1v) is 12.5. The van der Waals surface area contributed by atoms with Crippen LogP contribution in [0.4, 0.5) is 0 Å². The highest BCUT2D eigenvalue weighted by molar-refractivity contribution is 7.71. The van der Waals surface area contributed by atoms with Crippen LogP contribution in [0.25, 0.3) is 11.1 Å². The second kappa shape index (κ2) is 13.2. The average molecular weight is 523 g/mol. The Balaban J connectivity index is 0.000000231. The monoisotopic (exact) mass is 522 g/mol. The molecule has 0 fully saturated rings. The third-order valence-electron chi connectivity index (χ3n) is 6.17. The first-order valence-electron chi connectivity index (χ1n) is 12.1. The van der Waals surface area contributed by atoms with E-state index in [-0.39, 0.29) is 25.5 Å². The molecule has 1 unspecified atom stereocenters. The molecule has 1 aliphatic heterocycles. The number of amides is 1. The van der Waals surface area contributed by atoms with Gasteiger partial charge >= 0.3 is 5.97 Å². The van der Waals surface area contributed by atoms with Crippen molar-refractivity contribution in [1.82, 2.24) is 19.8 Å². The predicted octanol–water partition coefficient (Wildman–Crippen LogP) is 4.31. The Hall–Kier alpha value is -3.40. The van der Waals surface area contributed by atoms with Crippen molar-refractivity contribution in [2.24, 2.45) is 0 Å². The largest absolute Gasteiger partial charge is 0.481 e. The van der Waals surface area contributed by atoms with E-state index < -0.39 is 12.0 Å². The van der Waals surface area contributed by atoms with Crippen LogP contribution < -0.4 is 5.32 Å². The minimum absolute atomic E-state index is 0.0788. The summed E-state index contributed by atoms with van der Waals surface area (Å²) in [5, 5.41) is 11.3. The van der Waals surface area contributed by atoms with Crippen LogP contribution in [0.2, 0.25) is 0 Å². The van der Waals surface area contributed by atoms with Gasteiger partial charge in [-0.25, -0.2) is 0 Å². The van der Waals surface area contributed by atoms with Gasteiger partial charge in [0.2, 0.25) is 5.91 Å². The molecule has 196 valence electrons. The molecular formula is C28H34N4O4S. The van der Waals surface area contributed by atoms with Crippen LogP contribution in [0, 0.1) is 18.5 Å². The quantitative estimate of drug-likeness (QED) is 0.426. The summed E-state index contributed by atoms with van der Waals surface area (Å²) < 4.78 is 7.44. The fourth-order valence-electron chi connectivity index (χ4n) is 4.43. The van der Waals surface area contributed by atoms with Gasteiger partial charge in [-0.05, 0) is 60.8 Å². The van der Waals surface area contributed by atoms with Gasteiger partial charge in [0.15, 0.2) is 0 Å². The van der Waals surface area contributed by atoms with Crippen LogP contribution in [0.3, 0.4) is 0 Å². The Kier molecular flexibility index (Phi) is 10.1. The predicted molar refractivity (Wildman–Crippen MR) is 146 cm³/mol. The van der Waals surface area contributed by atoms with Gasteiger partial charge in [-0.3, -0.25) is 19.5 Å². The van der Waals surface area contributed by atoms with Gasteiger partial charge in [0.25, 0.3) is 0 Å². The molecule has 0 saturated carbocycles. The number of aromatic nitrogens is 2. The van der Waals surface area contributed by atoms with Gasteiger partial charge in [-0.1, -0.05) is 36.5 Å². The summed E-state index contributed by atoms with van der Waals surface area (Å²) >= 11 is 5.41. The number of carboxylic acids is 1. The van der Waals surface area contributed by atoms with E-state index in [2.05, 4.69) is 53.3 Å². The second-order valence-electron chi connectivity index (χ2n) is 9.16. The normalized spacial score (nSPS) is 13.3. The summed E-state index contributed by atoms with van der Waals surface area (Å²) in [6.45, 7) is 6.17. The molecule has 0 aliphatic carbocycles. The number of carbonyl (C=O) groups excluding carboxylic acids is 1. The topological polar surface area (TPSA) is 96.7 Å². The maximum Gasteiger partial charge on any atom is 0.305 e. The summed E-state index contributed by atoms with van der Waals surface area (Å²) in [7, 11) is 3.54. The number of fused-ring (bicyclic) bond motifs is 1. The molecule has 2 aromatic heterocycles. The molecule has 3 aromatic rings. The number of benzene rings is 1. The molecule has 0 spiro atoms. The van der Waals surface area contributed by atoms with Gasteiger partial charge in [-0.2, -0.15) is 0 Å². The van der Waals surface area contributed by atoms with E-state index >= 15 is 0 Å². The van der Waals surface area contributed by atoms with E-state index in [1.807, 2.05) is 31.6 Å². The fourth-order valence-corrected chi connectivity index (χ4v) is 4.75. The van der Waals surface area contributed by atoms with E-state index in [9.17, 15) is 9.59 Å². The average Bonchev–Trinajstić information content (AvgIpc) is 3.21. The van der Waals surface area contributed by atoms with E-state index in [0.717, 1.165) is 18.7 Å². The number of aryl methyl sites for hydroxylation is 2. The van der Waals surface area contributed by atoms with Gasteiger partial charge in [0, 0.05) is 50.9 Å². The molecular weight excluding hydrogens is 488 g/mol. The number of carboxylic acid groups (broad SMARTS) is 1. The fraction of sp³-hybridized carbons (Fsp3) is 0.357. The van der Waals surface area contributed by atoms with Crippen LogP contribution in [-0.2, 0) is 27.4 Å². The highest BCUT2D eigenvalue weighted by Gasteiger charge is 2.23. The number of aliphatic carboxylic acids is 1. The van der Waals surface area contributed by atoms with E-state index in [4.69, 9.17) is 22.1 Å². The molecule has 9 heteroatoms. The maximum atomic E-state index is 12.4. The lowest BCUT2D eigenvalue weighted by Gasteiger charge is -2.20. The first kappa shape index (κ1) is 28.2. The standard InChI is InChI=1S/C15H21N3O4S.C13H13N/c1-17-6-10-5-13(23)18(8-11(10)7-17)12(9-22-2)15(21)16-4-3-14(19)20;1-10-5-3-6-11(2)13(10)12-7-4-8-14-9-12/h5,8,12H,3-4,6-7,9H2,1-2H3,(H,16,21)(H,19,20);3-9H,1-2H3. The lowest BCUT2D eigenvalue weighted by atomic mass is 9.97. The number of pyridine rings is 2. The molecule has 0 saturated heterocycles. The molecule has 1 amide bonds. The number of nitrogens with zero attached hydrogens (tertiary/aromatic N) is 3. The molecule has 1 atom stereocenters. The molecule has 4 rings (SSSR count). The van der Waals surface area contributed by atoms with Gasteiger partial charge in [0.05, 0.1) is 13.0 Å². The van der Waals surface area contributed by atoms with Gasteiger partial charge in [-0.15, -0.1) is 0 Å². The summed E-state index contributed by atoms with van der Waals surface area (Å²) in [4.78, 5) is 29.2. The van der Waals surface area contributed by atoms with Crippen molar-refractivity contribution in [1.29, 1.82) is 0 Å². The van der Waals surface area contributed by atoms with Crippen molar-refractivity contribution in [2.75, 3.05) is 27.3 Å². The second-order valence-corrected chi connectivity index (χ2v) is 9.57. The summed E-state index contributed by atoms with van der Waals surface area (Å²) in [6, 6.07) is 11.7. The number of carbonyl (C=O) groups is 2. The summed E-state index contributed by atoms with van der Waals surface area (Å²) in [5.41, 5.74) is 7.43. The Morgan fingerprint density at radius 1 is 1.16 bits per heavy atom. The summed E-state index contributed by atoms with van der Waals surface area (Å²) in [5.74, 6) is -1.25. The third kappa shape index (κ3) is 7.55. The zero-order valence-electron chi connectivity index (χ0n) is 21.7. The summed E-state index contributed by atoms with van der Waals surface area (Å²) in [6.07, 6.45) is 5.50. The van der Waals surface area contributed by atoms with Crippen LogP contribution >= 0.6 is 12.2 Å². The van der Waals surface area contributed by atoms with Crippen LogP contribution in [0.5, 0.6) is 0 Å². The molecule has 3 heterocycles. The van der Waals surface area contributed by atoms with Crippen molar-refractivity contribution in [2.45, 2.75) is 39.4 Å². The number of ether oxygens (including phenoxy) is 1. The number of rotatable bonds is 8. The molecule has 0 radical (unpaired) electrons. The third-order valence-corrected chi connectivity index (χ3v) is 6.50. The molecule has 0 bridgehead atoms. The number of methoxy groups -OCH3 is 1. The first-order chi connectivity index (χ1) is 17.7.